The van der Waals surface area contributed by atoms with Crippen LogP contribution in [0.2, 0.25) is 0 Å². The molecule has 4 aromatic rings. The van der Waals surface area contributed by atoms with Crippen LogP contribution in [0.25, 0.3) is 22.7 Å². The van der Waals surface area contributed by atoms with Gasteiger partial charge in [0, 0.05) is 32.9 Å². The lowest BCUT2D eigenvalue weighted by Gasteiger charge is -2.12. The Morgan fingerprint density at radius 2 is 1.97 bits per heavy atom. The van der Waals surface area contributed by atoms with Gasteiger partial charge >= 0.3 is 5.69 Å². The van der Waals surface area contributed by atoms with Crippen molar-refractivity contribution >= 4 is 22.9 Å². The minimum Gasteiger partial charge on any atom is -0.461 e. The Hall–Kier alpha value is -3.08. The molecule has 0 amide bonds. The third-order valence-electron chi connectivity index (χ3n) is 4.96. The predicted octanol–water partition coefficient (Wildman–Crippen LogP) is 2.12. The zero-order valence-corrected chi connectivity index (χ0v) is 18.8. The van der Waals surface area contributed by atoms with Crippen LogP contribution < -0.4 is 11.2 Å². The van der Waals surface area contributed by atoms with Gasteiger partial charge in [-0.25, -0.2) is 9.78 Å². The van der Waals surface area contributed by atoms with Gasteiger partial charge in [-0.1, -0.05) is 25.6 Å². The molecule has 4 rings (SSSR count). The fourth-order valence-electron chi connectivity index (χ4n) is 3.49. The quantitative estimate of drug-likeness (QED) is 0.303. The number of thioether (sulfide) groups is 1. The van der Waals surface area contributed by atoms with Crippen LogP contribution in [0.4, 0.5) is 0 Å². The first kappa shape index (κ1) is 21.2. The van der Waals surface area contributed by atoms with E-state index in [2.05, 4.69) is 33.6 Å². The maximum absolute atomic E-state index is 12.8. The molecule has 4 aromatic heterocycles. The molecule has 4 heterocycles. The van der Waals surface area contributed by atoms with Crippen molar-refractivity contribution in [3.05, 3.63) is 45.6 Å². The lowest BCUT2D eigenvalue weighted by Crippen LogP contribution is -2.39. The summed E-state index contributed by atoms with van der Waals surface area (Å²) in [6.45, 7) is 5.36. The van der Waals surface area contributed by atoms with Crippen molar-refractivity contribution in [2.75, 3.05) is 5.75 Å². The Morgan fingerprint density at radius 3 is 2.68 bits per heavy atom. The van der Waals surface area contributed by atoms with Crippen molar-refractivity contribution in [3.8, 4) is 11.6 Å². The van der Waals surface area contributed by atoms with Crippen LogP contribution >= 0.6 is 11.8 Å². The summed E-state index contributed by atoms with van der Waals surface area (Å²) < 4.78 is 11.9. The van der Waals surface area contributed by atoms with Crippen molar-refractivity contribution in [1.82, 2.24) is 33.4 Å². The molecule has 10 nitrogen and oxygen atoms in total. The van der Waals surface area contributed by atoms with E-state index >= 15 is 0 Å². The number of imidazole rings is 1. The molecule has 0 aromatic carbocycles. The third kappa shape index (κ3) is 3.97. The molecule has 0 aliphatic heterocycles. The van der Waals surface area contributed by atoms with Gasteiger partial charge < -0.3 is 8.98 Å². The highest BCUT2D eigenvalue weighted by Crippen LogP contribution is 2.25. The molecule has 164 valence electrons. The smallest absolute Gasteiger partial charge is 0.332 e. The summed E-state index contributed by atoms with van der Waals surface area (Å²) in [6, 6.07) is 3.69. The van der Waals surface area contributed by atoms with E-state index in [9.17, 15) is 9.59 Å². The van der Waals surface area contributed by atoms with Crippen LogP contribution in [0.1, 0.15) is 20.3 Å². The number of hydrogen-bond acceptors (Lipinski definition) is 7. The third-order valence-corrected chi connectivity index (χ3v) is 6.02. The number of fused-ring (bicyclic) bond motifs is 1. The highest BCUT2D eigenvalue weighted by Gasteiger charge is 2.18. The second-order valence-corrected chi connectivity index (χ2v) is 8.88. The summed E-state index contributed by atoms with van der Waals surface area (Å²) in [5.74, 6) is 2.48. The summed E-state index contributed by atoms with van der Waals surface area (Å²) in [6.07, 6.45) is 3.80. The van der Waals surface area contributed by atoms with Crippen LogP contribution in [-0.4, -0.2) is 39.2 Å². The lowest BCUT2D eigenvalue weighted by atomic mass is 10.2. The Morgan fingerprint density at radius 1 is 1.16 bits per heavy atom. The van der Waals surface area contributed by atoms with Gasteiger partial charge in [-0.15, -0.1) is 10.2 Å². The van der Waals surface area contributed by atoms with E-state index in [1.807, 2.05) is 12.1 Å². The molecule has 0 unspecified atom stereocenters. The Balaban J connectivity index is 1.50. The SMILES string of the molecule is CC(C)Cn1c(SCCCn2c(=O)c3c(ncn3C)n(C)c2=O)nnc1-c1ccco1. The van der Waals surface area contributed by atoms with Gasteiger partial charge in [0.1, 0.15) is 0 Å². The average Bonchev–Trinajstić information content (AvgIpc) is 3.46. The molecule has 11 heteroatoms. The number of rotatable bonds is 8. The summed E-state index contributed by atoms with van der Waals surface area (Å²) in [5, 5.41) is 9.43. The van der Waals surface area contributed by atoms with E-state index in [4.69, 9.17) is 4.42 Å². The zero-order chi connectivity index (χ0) is 22.1. The van der Waals surface area contributed by atoms with E-state index < -0.39 is 0 Å². The van der Waals surface area contributed by atoms with Crippen molar-refractivity contribution in [1.29, 1.82) is 0 Å². The van der Waals surface area contributed by atoms with Gasteiger partial charge in [0.15, 0.2) is 27.9 Å². The van der Waals surface area contributed by atoms with Crippen molar-refractivity contribution in [2.24, 2.45) is 20.0 Å². The molecule has 31 heavy (non-hydrogen) atoms. The zero-order valence-electron chi connectivity index (χ0n) is 18.0. The molecule has 0 fully saturated rings. The van der Waals surface area contributed by atoms with Crippen molar-refractivity contribution in [3.63, 3.8) is 0 Å². The Bertz CT molecular complexity index is 1310. The van der Waals surface area contributed by atoms with Crippen LogP contribution in [0.15, 0.2) is 43.9 Å². The first-order valence-electron chi connectivity index (χ1n) is 10.1. The standard InChI is InChI=1S/C20H25N7O3S/c1-13(2)11-27-16(14-7-5-9-30-14)22-23-19(27)31-10-6-8-26-18(28)15-17(21-12-24(15)3)25(4)20(26)29/h5,7,9,12-13H,6,8,10-11H2,1-4H3. The molecule has 0 saturated heterocycles. The Labute approximate surface area is 182 Å². The molecule has 0 N–H and O–H groups in total. The van der Waals surface area contributed by atoms with Crippen LogP contribution in [0.3, 0.4) is 0 Å². The minimum atomic E-state index is -0.357. The number of furan rings is 1. The largest absolute Gasteiger partial charge is 0.461 e. The van der Waals surface area contributed by atoms with Gasteiger partial charge in [0.25, 0.3) is 5.56 Å². The first-order valence-corrected chi connectivity index (χ1v) is 11.1. The van der Waals surface area contributed by atoms with Crippen molar-refractivity contribution < 1.29 is 4.42 Å². The maximum Gasteiger partial charge on any atom is 0.332 e. The van der Waals surface area contributed by atoms with E-state index in [0.717, 1.165) is 11.7 Å². The molecule has 0 aliphatic rings. The second-order valence-electron chi connectivity index (χ2n) is 7.82. The summed E-state index contributed by atoms with van der Waals surface area (Å²) in [5.41, 5.74) is 0.153. The summed E-state index contributed by atoms with van der Waals surface area (Å²) in [4.78, 5) is 29.6. The normalized spacial score (nSPS) is 11.8. The van der Waals surface area contributed by atoms with Gasteiger partial charge in [0.2, 0.25) is 0 Å². The topological polar surface area (TPSA) is 106 Å². The van der Waals surface area contributed by atoms with E-state index in [1.165, 1.54) is 9.13 Å². The molecule has 0 saturated carbocycles. The monoisotopic (exact) mass is 443 g/mol. The fraction of sp³-hybridized carbons (Fsp3) is 0.450. The number of aromatic nitrogens is 7. The van der Waals surface area contributed by atoms with Crippen LogP contribution in [-0.2, 0) is 27.2 Å². The lowest BCUT2D eigenvalue weighted by molar-refractivity contribution is 0.489. The van der Waals surface area contributed by atoms with Crippen molar-refractivity contribution in [2.45, 2.75) is 38.5 Å². The van der Waals surface area contributed by atoms with E-state index in [1.54, 1.807) is 43.0 Å². The fourth-order valence-corrected chi connectivity index (χ4v) is 4.36. The van der Waals surface area contributed by atoms with Crippen LogP contribution in [0.5, 0.6) is 0 Å². The molecule has 0 aliphatic carbocycles. The van der Waals surface area contributed by atoms with E-state index in [0.29, 0.717) is 47.4 Å². The number of nitrogens with zero attached hydrogens (tertiary/aromatic N) is 7. The molecular formula is C20H25N7O3S. The average molecular weight is 444 g/mol. The molecule has 0 spiro atoms. The van der Waals surface area contributed by atoms with Crippen LogP contribution in [0, 0.1) is 5.92 Å². The maximum atomic E-state index is 12.8. The first-order chi connectivity index (χ1) is 14.9. The number of hydrogen-bond donors (Lipinski definition) is 0. The Kier molecular flexibility index (Phi) is 5.86. The van der Waals surface area contributed by atoms with Gasteiger partial charge in [-0.3, -0.25) is 18.5 Å². The molecular weight excluding hydrogens is 418 g/mol. The van der Waals surface area contributed by atoms with Gasteiger partial charge in [-0.05, 0) is 24.5 Å². The van der Waals surface area contributed by atoms with Gasteiger partial charge in [-0.2, -0.15) is 0 Å². The number of aryl methyl sites for hydroxylation is 2. The predicted molar refractivity (Wildman–Crippen MR) is 118 cm³/mol. The van der Waals surface area contributed by atoms with E-state index in [-0.39, 0.29) is 11.2 Å². The highest BCUT2D eigenvalue weighted by molar-refractivity contribution is 7.99. The molecule has 0 bridgehead atoms. The minimum absolute atomic E-state index is 0.314. The van der Waals surface area contributed by atoms with Gasteiger partial charge in [0.05, 0.1) is 12.6 Å². The second kappa shape index (κ2) is 8.58. The molecule has 0 atom stereocenters. The summed E-state index contributed by atoms with van der Waals surface area (Å²) >= 11 is 1.56. The summed E-state index contributed by atoms with van der Waals surface area (Å²) in [7, 11) is 3.38. The molecule has 0 radical (unpaired) electrons. The highest BCUT2D eigenvalue weighted by atomic mass is 32.2.